The largest absolute Gasteiger partial charge is 0.340 e. The topological polar surface area (TPSA) is 49.8 Å². The minimum Gasteiger partial charge on any atom is -0.340 e. The average Bonchev–Trinajstić information content (AvgIpc) is 2.51. The molecule has 116 valence electrons. The Morgan fingerprint density at radius 3 is 2.39 bits per heavy atom. The lowest BCUT2D eigenvalue weighted by Crippen LogP contribution is -2.00. The number of nitrogens with zero attached hydrogens (tertiary/aromatic N) is 2. The molecule has 1 aromatic heterocycles. The Morgan fingerprint density at radius 1 is 0.870 bits per heavy atom. The summed E-state index contributed by atoms with van der Waals surface area (Å²) in [5.74, 6) is -0.342. The van der Waals surface area contributed by atoms with E-state index in [2.05, 4.69) is 20.6 Å². The quantitative estimate of drug-likeness (QED) is 0.742. The van der Waals surface area contributed by atoms with Crippen LogP contribution in [0.1, 0.15) is 5.56 Å². The third-order valence-electron chi connectivity index (χ3n) is 3.15. The highest BCUT2D eigenvalue weighted by Crippen LogP contribution is 2.22. The molecule has 0 aliphatic carbocycles. The van der Waals surface area contributed by atoms with E-state index in [1.807, 2.05) is 31.2 Å². The van der Waals surface area contributed by atoms with Crippen molar-refractivity contribution in [2.75, 3.05) is 10.6 Å². The predicted octanol–water partition coefficient (Wildman–Crippen LogP) is 4.55. The van der Waals surface area contributed by atoms with Gasteiger partial charge in [-0.2, -0.15) is 0 Å². The molecule has 23 heavy (non-hydrogen) atoms. The number of hydrogen-bond acceptors (Lipinski definition) is 4. The molecule has 0 bridgehead atoms. The fourth-order valence-electron chi connectivity index (χ4n) is 2.09. The molecule has 0 unspecified atom stereocenters. The van der Waals surface area contributed by atoms with Crippen molar-refractivity contribution in [2.45, 2.75) is 6.92 Å². The smallest absolute Gasteiger partial charge is 0.149 e. The summed E-state index contributed by atoms with van der Waals surface area (Å²) in [6, 6.07) is 12.8. The fraction of sp³-hybridized carbons (Fsp3) is 0.0588. The van der Waals surface area contributed by atoms with Gasteiger partial charge in [-0.05, 0) is 36.8 Å². The predicted molar refractivity (Wildman–Crippen MR) is 86.1 cm³/mol. The summed E-state index contributed by atoms with van der Waals surface area (Å²) in [5.41, 5.74) is 2.16. The van der Waals surface area contributed by atoms with Gasteiger partial charge >= 0.3 is 0 Å². The van der Waals surface area contributed by atoms with Crippen LogP contribution in [0.4, 0.5) is 31.8 Å². The van der Waals surface area contributed by atoms with Crippen molar-refractivity contribution in [3.05, 3.63) is 72.1 Å². The first-order valence-corrected chi connectivity index (χ1v) is 6.98. The molecule has 3 rings (SSSR count). The van der Waals surface area contributed by atoms with E-state index in [9.17, 15) is 8.78 Å². The third kappa shape index (κ3) is 3.79. The van der Waals surface area contributed by atoms with Crippen LogP contribution in [0.5, 0.6) is 0 Å². The molecule has 0 radical (unpaired) electrons. The van der Waals surface area contributed by atoms with E-state index in [1.54, 1.807) is 6.07 Å². The Hall–Kier alpha value is -3.02. The van der Waals surface area contributed by atoms with Gasteiger partial charge in [-0.15, -0.1) is 0 Å². The molecule has 0 fully saturated rings. The van der Waals surface area contributed by atoms with Crippen molar-refractivity contribution in [1.82, 2.24) is 9.97 Å². The number of anilines is 4. The SMILES string of the molecule is Cc1cccc(Nc2cc(Nc3ccc(F)cc3F)ncn2)c1. The highest BCUT2D eigenvalue weighted by atomic mass is 19.1. The molecule has 0 spiro atoms. The Bertz CT molecular complexity index is 836. The van der Waals surface area contributed by atoms with Crippen LogP contribution in [0.3, 0.4) is 0 Å². The zero-order valence-electron chi connectivity index (χ0n) is 12.3. The molecule has 0 atom stereocenters. The maximum absolute atomic E-state index is 13.7. The number of aryl methyl sites for hydroxylation is 1. The fourth-order valence-corrected chi connectivity index (χ4v) is 2.09. The van der Waals surface area contributed by atoms with E-state index < -0.39 is 11.6 Å². The summed E-state index contributed by atoms with van der Waals surface area (Å²) < 4.78 is 26.6. The van der Waals surface area contributed by atoms with Gasteiger partial charge < -0.3 is 10.6 Å². The molecule has 3 aromatic rings. The van der Waals surface area contributed by atoms with E-state index in [0.717, 1.165) is 17.3 Å². The minimum atomic E-state index is -0.684. The van der Waals surface area contributed by atoms with Gasteiger partial charge in [0.2, 0.25) is 0 Å². The van der Waals surface area contributed by atoms with Crippen molar-refractivity contribution in [3.8, 4) is 0 Å². The summed E-state index contributed by atoms with van der Waals surface area (Å²) in [5, 5.41) is 5.95. The molecule has 4 nitrogen and oxygen atoms in total. The molecule has 0 aliphatic heterocycles. The molecule has 2 N–H and O–H groups in total. The van der Waals surface area contributed by atoms with Gasteiger partial charge in [0.1, 0.15) is 29.6 Å². The molecule has 0 saturated carbocycles. The van der Waals surface area contributed by atoms with E-state index in [1.165, 1.54) is 18.5 Å². The number of benzene rings is 2. The number of nitrogens with one attached hydrogen (secondary N) is 2. The van der Waals surface area contributed by atoms with Gasteiger partial charge in [0, 0.05) is 17.8 Å². The number of rotatable bonds is 4. The molecular formula is C17H14F2N4. The van der Waals surface area contributed by atoms with Gasteiger partial charge in [-0.1, -0.05) is 12.1 Å². The maximum Gasteiger partial charge on any atom is 0.149 e. The standard InChI is InChI=1S/C17H14F2N4/c1-11-3-2-4-13(7-11)22-16-9-17(21-10-20-16)23-15-6-5-12(18)8-14(15)19/h2-10H,1H3,(H2,20,21,22,23). The molecular weight excluding hydrogens is 298 g/mol. The van der Waals surface area contributed by atoms with Crippen LogP contribution < -0.4 is 10.6 Å². The highest BCUT2D eigenvalue weighted by molar-refractivity contribution is 5.63. The Balaban J connectivity index is 1.79. The molecule has 6 heteroatoms. The van der Waals surface area contributed by atoms with Crippen molar-refractivity contribution in [3.63, 3.8) is 0 Å². The minimum absolute atomic E-state index is 0.145. The first kappa shape index (κ1) is 14.9. The zero-order valence-corrected chi connectivity index (χ0v) is 12.3. The first-order chi connectivity index (χ1) is 11.1. The Labute approximate surface area is 132 Å². The summed E-state index contributed by atoms with van der Waals surface area (Å²) in [7, 11) is 0. The van der Waals surface area contributed by atoms with Gasteiger partial charge in [0.05, 0.1) is 5.69 Å². The molecule has 0 aliphatic rings. The maximum atomic E-state index is 13.7. The van der Waals surface area contributed by atoms with Crippen LogP contribution in [0, 0.1) is 18.6 Å². The second-order valence-corrected chi connectivity index (χ2v) is 5.03. The van der Waals surface area contributed by atoms with E-state index in [-0.39, 0.29) is 5.69 Å². The second-order valence-electron chi connectivity index (χ2n) is 5.03. The lowest BCUT2D eigenvalue weighted by atomic mass is 10.2. The van der Waals surface area contributed by atoms with Crippen LogP contribution in [0.15, 0.2) is 54.9 Å². The van der Waals surface area contributed by atoms with Crippen LogP contribution in [-0.2, 0) is 0 Å². The van der Waals surface area contributed by atoms with E-state index >= 15 is 0 Å². The number of hydrogen-bond donors (Lipinski definition) is 2. The lowest BCUT2D eigenvalue weighted by molar-refractivity contribution is 0.586. The summed E-state index contributed by atoms with van der Waals surface area (Å²) in [6.45, 7) is 2.00. The monoisotopic (exact) mass is 312 g/mol. The normalized spacial score (nSPS) is 10.4. The van der Waals surface area contributed by atoms with Crippen LogP contribution >= 0.6 is 0 Å². The molecule has 0 saturated heterocycles. The summed E-state index contributed by atoms with van der Waals surface area (Å²) in [6.07, 6.45) is 1.36. The molecule has 0 amide bonds. The van der Waals surface area contributed by atoms with E-state index in [0.29, 0.717) is 11.6 Å². The van der Waals surface area contributed by atoms with Gasteiger partial charge in [0.15, 0.2) is 0 Å². The zero-order chi connectivity index (χ0) is 16.2. The molecule has 1 heterocycles. The first-order valence-electron chi connectivity index (χ1n) is 6.98. The molecule has 2 aromatic carbocycles. The van der Waals surface area contributed by atoms with Gasteiger partial charge in [-0.3, -0.25) is 0 Å². The third-order valence-corrected chi connectivity index (χ3v) is 3.15. The van der Waals surface area contributed by atoms with Crippen molar-refractivity contribution in [1.29, 1.82) is 0 Å². The Morgan fingerprint density at radius 2 is 1.65 bits per heavy atom. The lowest BCUT2D eigenvalue weighted by Gasteiger charge is -2.09. The van der Waals surface area contributed by atoms with Gasteiger partial charge in [-0.25, -0.2) is 18.7 Å². The van der Waals surface area contributed by atoms with Crippen molar-refractivity contribution in [2.24, 2.45) is 0 Å². The van der Waals surface area contributed by atoms with Crippen LogP contribution in [0.2, 0.25) is 0 Å². The average molecular weight is 312 g/mol. The van der Waals surface area contributed by atoms with E-state index in [4.69, 9.17) is 0 Å². The van der Waals surface area contributed by atoms with Crippen LogP contribution in [0.25, 0.3) is 0 Å². The number of halogens is 2. The second kappa shape index (κ2) is 6.39. The highest BCUT2D eigenvalue weighted by Gasteiger charge is 2.06. The Kier molecular flexibility index (Phi) is 4.14. The van der Waals surface area contributed by atoms with Crippen molar-refractivity contribution >= 4 is 23.0 Å². The van der Waals surface area contributed by atoms with Crippen molar-refractivity contribution < 1.29 is 8.78 Å². The number of aromatic nitrogens is 2. The summed E-state index contributed by atoms with van der Waals surface area (Å²) in [4.78, 5) is 8.16. The van der Waals surface area contributed by atoms with Crippen LogP contribution in [-0.4, -0.2) is 9.97 Å². The summed E-state index contributed by atoms with van der Waals surface area (Å²) >= 11 is 0. The van der Waals surface area contributed by atoms with Gasteiger partial charge in [0.25, 0.3) is 0 Å².